The van der Waals surface area contributed by atoms with E-state index in [0.717, 1.165) is 18.3 Å². The number of rotatable bonds is 3. The summed E-state index contributed by atoms with van der Waals surface area (Å²) in [7, 11) is 1.75. The Morgan fingerprint density at radius 1 is 1.04 bits per heavy atom. The first-order valence-corrected chi connectivity index (χ1v) is 6.97. The highest BCUT2D eigenvalue weighted by Crippen LogP contribution is 2.30. The van der Waals surface area contributed by atoms with E-state index in [1.54, 1.807) is 37.0 Å². The summed E-state index contributed by atoms with van der Waals surface area (Å²) in [6.07, 6.45) is -1.72. The highest BCUT2D eigenvalue weighted by Gasteiger charge is 2.30. The first-order chi connectivity index (χ1) is 11.3. The maximum Gasteiger partial charge on any atom is 0.416 e. The van der Waals surface area contributed by atoms with E-state index >= 15 is 0 Å². The van der Waals surface area contributed by atoms with Gasteiger partial charge in [0.15, 0.2) is 5.82 Å². The van der Waals surface area contributed by atoms with Gasteiger partial charge in [-0.2, -0.15) is 18.3 Å². The average molecular weight is 334 g/mol. The van der Waals surface area contributed by atoms with Crippen molar-refractivity contribution in [3.8, 4) is 11.5 Å². The number of aromatic nitrogens is 5. The number of nitrogens with zero attached hydrogens (tertiary/aromatic N) is 5. The SMILES string of the molecule is Cc1cc(Nc2cc(C(F)(F)F)ccn2)nc(-c2ccnn2C)n1. The molecule has 9 heteroatoms. The minimum atomic E-state index is -4.43. The molecule has 3 rings (SSSR count). The van der Waals surface area contributed by atoms with E-state index in [1.807, 2.05) is 0 Å². The predicted molar refractivity (Wildman–Crippen MR) is 81.5 cm³/mol. The molecule has 0 fully saturated rings. The highest BCUT2D eigenvalue weighted by molar-refractivity contribution is 5.58. The molecule has 1 N–H and O–H groups in total. The molecular weight excluding hydrogens is 321 g/mol. The topological polar surface area (TPSA) is 68.5 Å². The van der Waals surface area contributed by atoms with Gasteiger partial charge in [0.2, 0.25) is 0 Å². The van der Waals surface area contributed by atoms with Crippen LogP contribution in [0.4, 0.5) is 24.8 Å². The van der Waals surface area contributed by atoms with E-state index in [2.05, 4.69) is 25.4 Å². The minimum absolute atomic E-state index is 0.0545. The normalized spacial score (nSPS) is 11.5. The molecule has 3 heterocycles. The second-order valence-electron chi connectivity index (χ2n) is 5.11. The van der Waals surface area contributed by atoms with Crippen LogP contribution in [0.2, 0.25) is 0 Å². The Kier molecular flexibility index (Phi) is 3.92. The van der Waals surface area contributed by atoms with Crippen molar-refractivity contribution in [3.05, 3.63) is 47.9 Å². The van der Waals surface area contributed by atoms with Crippen LogP contribution in [0.15, 0.2) is 36.7 Å². The molecule has 0 aliphatic heterocycles. The fourth-order valence-electron chi connectivity index (χ4n) is 2.15. The number of halogens is 3. The third kappa shape index (κ3) is 3.34. The Hall–Kier alpha value is -2.97. The fourth-order valence-corrected chi connectivity index (χ4v) is 2.15. The molecule has 0 aromatic carbocycles. The van der Waals surface area contributed by atoms with Gasteiger partial charge in [-0.05, 0) is 25.1 Å². The molecule has 6 nitrogen and oxygen atoms in total. The third-order valence-electron chi connectivity index (χ3n) is 3.25. The molecule has 0 aliphatic carbocycles. The van der Waals surface area contributed by atoms with Crippen molar-refractivity contribution in [1.82, 2.24) is 24.7 Å². The lowest BCUT2D eigenvalue weighted by Gasteiger charge is -2.10. The number of hydrogen-bond donors (Lipinski definition) is 1. The first kappa shape index (κ1) is 15.9. The Labute approximate surface area is 135 Å². The lowest BCUT2D eigenvalue weighted by atomic mass is 10.2. The maximum atomic E-state index is 12.8. The van der Waals surface area contributed by atoms with Gasteiger partial charge in [-0.1, -0.05) is 0 Å². The molecule has 0 bridgehead atoms. The molecule has 0 saturated carbocycles. The van der Waals surface area contributed by atoms with Gasteiger partial charge in [0.05, 0.1) is 5.56 Å². The Bertz CT molecular complexity index is 872. The Balaban J connectivity index is 1.94. The van der Waals surface area contributed by atoms with Crippen molar-refractivity contribution in [2.75, 3.05) is 5.32 Å². The van der Waals surface area contributed by atoms with Crippen LogP contribution in [-0.4, -0.2) is 24.7 Å². The monoisotopic (exact) mass is 334 g/mol. The Morgan fingerprint density at radius 3 is 2.50 bits per heavy atom. The van der Waals surface area contributed by atoms with Gasteiger partial charge in [0, 0.05) is 31.2 Å². The number of alkyl halides is 3. The summed E-state index contributed by atoms with van der Waals surface area (Å²) in [4.78, 5) is 12.5. The lowest BCUT2D eigenvalue weighted by Crippen LogP contribution is -2.07. The number of pyridine rings is 1. The highest BCUT2D eigenvalue weighted by atomic mass is 19.4. The van der Waals surface area contributed by atoms with Gasteiger partial charge in [-0.3, -0.25) is 4.68 Å². The van der Waals surface area contributed by atoms with Gasteiger partial charge in [-0.25, -0.2) is 15.0 Å². The summed E-state index contributed by atoms with van der Waals surface area (Å²) >= 11 is 0. The van der Waals surface area contributed by atoms with Crippen molar-refractivity contribution in [1.29, 1.82) is 0 Å². The van der Waals surface area contributed by atoms with Crippen molar-refractivity contribution in [2.24, 2.45) is 7.05 Å². The van der Waals surface area contributed by atoms with Gasteiger partial charge in [-0.15, -0.1) is 0 Å². The first-order valence-electron chi connectivity index (χ1n) is 6.97. The van der Waals surface area contributed by atoms with E-state index in [-0.39, 0.29) is 5.82 Å². The van der Waals surface area contributed by atoms with Crippen molar-refractivity contribution >= 4 is 11.6 Å². The number of nitrogens with one attached hydrogen (secondary N) is 1. The summed E-state index contributed by atoms with van der Waals surface area (Å²) in [6, 6.07) is 5.22. The summed E-state index contributed by atoms with van der Waals surface area (Å²) in [5.41, 5.74) is 0.576. The minimum Gasteiger partial charge on any atom is -0.325 e. The number of anilines is 2. The quantitative estimate of drug-likeness (QED) is 0.795. The van der Waals surface area contributed by atoms with Crippen molar-refractivity contribution in [3.63, 3.8) is 0 Å². The van der Waals surface area contributed by atoms with E-state index in [0.29, 0.717) is 23.0 Å². The second kappa shape index (κ2) is 5.91. The molecule has 0 spiro atoms. The zero-order valence-electron chi connectivity index (χ0n) is 12.8. The average Bonchev–Trinajstić information content (AvgIpc) is 2.92. The molecule has 0 aliphatic rings. The second-order valence-corrected chi connectivity index (χ2v) is 5.11. The van der Waals surface area contributed by atoms with Crippen LogP contribution < -0.4 is 5.32 Å². The standard InChI is InChI=1S/C15H13F3N6/c1-9-7-13(23-14(21-9)11-4-6-20-24(11)2)22-12-8-10(3-5-19-12)15(16,17)18/h3-8H,1-2H3,(H,19,21,22,23). The molecule has 0 unspecified atom stereocenters. The van der Waals surface area contributed by atoms with E-state index < -0.39 is 11.7 Å². The molecule has 3 aromatic heterocycles. The van der Waals surface area contributed by atoms with Crippen LogP contribution >= 0.6 is 0 Å². The molecule has 0 amide bonds. The van der Waals surface area contributed by atoms with Gasteiger partial charge in [0.25, 0.3) is 0 Å². The fraction of sp³-hybridized carbons (Fsp3) is 0.200. The number of hydrogen-bond acceptors (Lipinski definition) is 5. The molecule has 0 atom stereocenters. The van der Waals surface area contributed by atoms with Crippen molar-refractivity contribution in [2.45, 2.75) is 13.1 Å². The Morgan fingerprint density at radius 2 is 1.83 bits per heavy atom. The molecule has 3 aromatic rings. The van der Waals surface area contributed by atoms with Crippen LogP contribution in [0, 0.1) is 6.92 Å². The van der Waals surface area contributed by atoms with Crippen LogP contribution in [0.1, 0.15) is 11.3 Å². The zero-order valence-corrected chi connectivity index (χ0v) is 12.8. The van der Waals surface area contributed by atoms with E-state index in [9.17, 15) is 13.2 Å². The smallest absolute Gasteiger partial charge is 0.325 e. The number of aryl methyl sites for hydroxylation is 2. The zero-order chi connectivity index (χ0) is 17.3. The van der Waals surface area contributed by atoms with Crippen LogP contribution in [0.3, 0.4) is 0 Å². The summed E-state index contributed by atoms with van der Waals surface area (Å²) in [5.74, 6) is 0.828. The summed E-state index contributed by atoms with van der Waals surface area (Å²) in [5, 5.41) is 6.84. The van der Waals surface area contributed by atoms with E-state index in [4.69, 9.17) is 0 Å². The molecule has 124 valence electrons. The van der Waals surface area contributed by atoms with Gasteiger partial charge < -0.3 is 5.32 Å². The maximum absolute atomic E-state index is 12.8. The molecule has 24 heavy (non-hydrogen) atoms. The molecule has 0 saturated heterocycles. The van der Waals surface area contributed by atoms with E-state index in [1.165, 1.54) is 0 Å². The molecule has 0 radical (unpaired) electrons. The predicted octanol–water partition coefficient (Wildman–Crippen LogP) is 3.34. The summed E-state index contributed by atoms with van der Waals surface area (Å²) < 4.78 is 39.9. The van der Waals surface area contributed by atoms with Crippen molar-refractivity contribution < 1.29 is 13.2 Å². The lowest BCUT2D eigenvalue weighted by molar-refractivity contribution is -0.137. The largest absolute Gasteiger partial charge is 0.416 e. The van der Waals surface area contributed by atoms with Gasteiger partial charge in [0.1, 0.15) is 17.3 Å². The van der Waals surface area contributed by atoms with Gasteiger partial charge >= 0.3 is 6.18 Å². The third-order valence-corrected chi connectivity index (χ3v) is 3.25. The van der Waals surface area contributed by atoms with Crippen LogP contribution in [-0.2, 0) is 13.2 Å². The van der Waals surface area contributed by atoms with Crippen LogP contribution in [0.25, 0.3) is 11.5 Å². The van der Waals surface area contributed by atoms with Crippen LogP contribution in [0.5, 0.6) is 0 Å². The molecular formula is C15H13F3N6. The summed E-state index contributed by atoms with van der Waals surface area (Å²) in [6.45, 7) is 1.77.